The number of halogens is 2. The Morgan fingerprint density at radius 1 is 1.09 bits per heavy atom. The van der Waals surface area contributed by atoms with Crippen molar-refractivity contribution >= 4 is 5.91 Å². The lowest BCUT2D eigenvalue weighted by Gasteiger charge is -2.14. The van der Waals surface area contributed by atoms with Crippen molar-refractivity contribution in [2.75, 3.05) is 13.2 Å². The molecule has 32 heavy (non-hydrogen) atoms. The third kappa shape index (κ3) is 4.35. The topological polar surface area (TPSA) is 95.2 Å². The zero-order valence-electron chi connectivity index (χ0n) is 17.0. The minimum atomic E-state index is -1.00. The van der Waals surface area contributed by atoms with Crippen molar-refractivity contribution in [2.24, 2.45) is 0 Å². The first-order chi connectivity index (χ1) is 15.5. The molecule has 0 aliphatic carbocycles. The maximum atomic E-state index is 14.4. The number of carbonyl (C=O) groups is 1. The number of aromatic nitrogens is 3. The van der Waals surface area contributed by atoms with Crippen molar-refractivity contribution in [3.05, 3.63) is 92.3 Å². The van der Waals surface area contributed by atoms with E-state index < -0.39 is 41.0 Å². The molecule has 3 aromatic rings. The minimum absolute atomic E-state index is 0.0590. The predicted octanol–water partition coefficient (Wildman–Crippen LogP) is 1.63. The van der Waals surface area contributed by atoms with E-state index in [-0.39, 0.29) is 23.9 Å². The van der Waals surface area contributed by atoms with E-state index in [1.807, 2.05) is 0 Å². The summed E-state index contributed by atoms with van der Waals surface area (Å²) in [6, 6.07) is 10.9. The zero-order chi connectivity index (χ0) is 22.7. The molecule has 1 aliphatic rings. The molecule has 1 fully saturated rings. The standard InChI is InChI=1S/C22H20F2N4O4/c23-16-8-2-1-6-14(16)13-27-21(30)19(20(29)25-12-15-7-5-11-32-15)26-28(22(27)31)18-10-4-3-9-17(18)24/h1-4,6,8-10,15H,5,7,11-13H2,(H,25,29). The molecule has 2 aromatic carbocycles. The molecule has 10 heteroatoms. The van der Waals surface area contributed by atoms with Gasteiger partial charge in [0, 0.05) is 18.7 Å². The molecule has 2 heterocycles. The highest BCUT2D eigenvalue weighted by molar-refractivity contribution is 5.91. The first-order valence-electron chi connectivity index (χ1n) is 10.1. The van der Waals surface area contributed by atoms with E-state index in [1.165, 1.54) is 36.4 Å². The lowest BCUT2D eigenvalue weighted by molar-refractivity contribution is 0.0849. The maximum Gasteiger partial charge on any atom is 0.352 e. The van der Waals surface area contributed by atoms with Gasteiger partial charge >= 0.3 is 5.69 Å². The molecule has 1 aromatic heterocycles. The van der Waals surface area contributed by atoms with Gasteiger partial charge in [0.05, 0.1) is 12.6 Å². The molecule has 0 radical (unpaired) electrons. The van der Waals surface area contributed by atoms with Gasteiger partial charge in [0.15, 0.2) is 0 Å². The summed E-state index contributed by atoms with van der Waals surface area (Å²) in [6.07, 6.45) is 1.45. The van der Waals surface area contributed by atoms with Crippen molar-refractivity contribution in [3.63, 3.8) is 0 Å². The van der Waals surface area contributed by atoms with Gasteiger partial charge in [-0.05, 0) is 31.0 Å². The molecule has 1 N–H and O–H groups in total. The van der Waals surface area contributed by atoms with Gasteiger partial charge in [0.25, 0.3) is 11.5 Å². The number of nitrogens with one attached hydrogen (secondary N) is 1. The SMILES string of the molecule is O=C(NCC1CCCO1)c1nn(-c2ccccc2F)c(=O)n(Cc2ccccc2F)c1=O. The van der Waals surface area contributed by atoms with Crippen LogP contribution in [0.5, 0.6) is 0 Å². The number of rotatable bonds is 6. The van der Waals surface area contributed by atoms with E-state index in [4.69, 9.17) is 4.74 Å². The van der Waals surface area contributed by atoms with Crippen LogP contribution in [0.4, 0.5) is 8.78 Å². The molecule has 1 aliphatic heterocycles. The fourth-order valence-corrected chi connectivity index (χ4v) is 3.47. The fourth-order valence-electron chi connectivity index (χ4n) is 3.47. The summed E-state index contributed by atoms with van der Waals surface area (Å²) in [5.74, 6) is -2.24. The van der Waals surface area contributed by atoms with Crippen LogP contribution in [0.2, 0.25) is 0 Å². The summed E-state index contributed by atoms with van der Waals surface area (Å²) >= 11 is 0. The molecular weight excluding hydrogens is 422 g/mol. The van der Waals surface area contributed by atoms with Gasteiger partial charge in [-0.1, -0.05) is 30.3 Å². The Balaban J connectivity index is 1.80. The second-order valence-electron chi connectivity index (χ2n) is 7.32. The van der Waals surface area contributed by atoms with Gasteiger partial charge in [-0.3, -0.25) is 14.2 Å². The monoisotopic (exact) mass is 442 g/mol. The molecule has 0 bridgehead atoms. The Morgan fingerprint density at radius 3 is 2.50 bits per heavy atom. The van der Waals surface area contributed by atoms with Gasteiger partial charge in [-0.2, -0.15) is 9.78 Å². The number of nitrogens with zero attached hydrogens (tertiary/aromatic N) is 3. The number of hydrogen-bond donors (Lipinski definition) is 1. The van der Waals surface area contributed by atoms with Crippen molar-refractivity contribution in [1.82, 2.24) is 19.7 Å². The number of benzene rings is 2. The average Bonchev–Trinajstić information content (AvgIpc) is 3.31. The number of ether oxygens (including phenoxy) is 1. The lowest BCUT2D eigenvalue weighted by atomic mass is 10.2. The van der Waals surface area contributed by atoms with E-state index in [0.717, 1.165) is 18.9 Å². The van der Waals surface area contributed by atoms with E-state index in [2.05, 4.69) is 10.4 Å². The average molecular weight is 442 g/mol. The minimum Gasteiger partial charge on any atom is -0.376 e. The lowest BCUT2D eigenvalue weighted by Crippen LogP contribution is -2.47. The zero-order valence-corrected chi connectivity index (χ0v) is 17.0. The molecule has 0 spiro atoms. The molecule has 1 atom stereocenters. The van der Waals surface area contributed by atoms with Crippen LogP contribution in [0.15, 0.2) is 58.1 Å². The highest BCUT2D eigenvalue weighted by Crippen LogP contribution is 2.12. The van der Waals surface area contributed by atoms with Crippen LogP contribution in [0.25, 0.3) is 5.69 Å². The molecular formula is C22H20F2N4O4. The second kappa shape index (κ2) is 9.23. The van der Waals surface area contributed by atoms with Crippen LogP contribution in [0, 0.1) is 11.6 Å². The first-order valence-corrected chi connectivity index (χ1v) is 10.1. The first kappa shape index (κ1) is 21.6. The second-order valence-corrected chi connectivity index (χ2v) is 7.32. The van der Waals surface area contributed by atoms with E-state index in [1.54, 1.807) is 6.07 Å². The molecule has 4 rings (SSSR count). The molecule has 1 saturated heterocycles. The Labute approximate surface area is 181 Å². The molecule has 166 valence electrons. The molecule has 1 amide bonds. The van der Waals surface area contributed by atoms with Crippen LogP contribution in [-0.2, 0) is 11.3 Å². The van der Waals surface area contributed by atoms with Crippen molar-refractivity contribution < 1.29 is 18.3 Å². The Morgan fingerprint density at radius 2 is 1.81 bits per heavy atom. The predicted molar refractivity (Wildman–Crippen MR) is 111 cm³/mol. The summed E-state index contributed by atoms with van der Waals surface area (Å²) in [5.41, 5.74) is -2.80. The third-order valence-corrected chi connectivity index (χ3v) is 5.16. The smallest absolute Gasteiger partial charge is 0.352 e. The third-order valence-electron chi connectivity index (χ3n) is 5.16. The summed E-state index contributed by atoms with van der Waals surface area (Å²) in [7, 11) is 0. The Hall–Kier alpha value is -3.66. The Kier molecular flexibility index (Phi) is 6.22. The van der Waals surface area contributed by atoms with Gasteiger partial charge in [-0.15, -0.1) is 0 Å². The number of carbonyl (C=O) groups excluding carboxylic acids is 1. The van der Waals surface area contributed by atoms with Crippen LogP contribution in [0.3, 0.4) is 0 Å². The molecule has 8 nitrogen and oxygen atoms in total. The molecule has 0 saturated carbocycles. The van der Waals surface area contributed by atoms with Crippen molar-refractivity contribution in [3.8, 4) is 5.69 Å². The highest BCUT2D eigenvalue weighted by atomic mass is 19.1. The van der Waals surface area contributed by atoms with E-state index in [9.17, 15) is 23.2 Å². The fraction of sp³-hybridized carbons (Fsp3) is 0.273. The maximum absolute atomic E-state index is 14.4. The van der Waals surface area contributed by atoms with Crippen LogP contribution in [-0.4, -0.2) is 39.5 Å². The van der Waals surface area contributed by atoms with Gasteiger partial charge in [0.2, 0.25) is 5.69 Å². The van der Waals surface area contributed by atoms with Crippen molar-refractivity contribution in [2.45, 2.75) is 25.5 Å². The number of hydrogen-bond acceptors (Lipinski definition) is 5. The number of para-hydroxylation sites is 1. The number of amides is 1. The van der Waals surface area contributed by atoms with Crippen LogP contribution >= 0.6 is 0 Å². The Bertz CT molecular complexity index is 1270. The van der Waals surface area contributed by atoms with Crippen LogP contribution in [0.1, 0.15) is 28.9 Å². The summed E-state index contributed by atoms with van der Waals surface area (Å²) in [4.78, 5) is 38.8. The highest BCUT2D eigenvalue weighted by Gasteiger charge is 2.23. The summed E-state index contributed by atoms with van der Waals surface area (Å²) < 4.78 is 35.3. The molecule has 1 unspecified atom stereocenters. The van der Waals surface area contributed by atoms with Crippen molar-refractivity contribution in [1.29, 1.82) is 0 Å². The van der Waals surface area contributed by atoms with Gasteiger partial charge in [0.1, 0.15) is 17.3 Å². The largest absolute Gasteiger partial charge is 0.376 e. The van der Waals surface area contributed by atoms with E-state index in [0.29, 0.717) is 15.9 Å². The summed E-state index contributed by atoms with van der Waals surface area (Å²) in [5, 5.41) is 6.43. The quantitative estimate of drug-likeness (QED) is 0.626. The summed E-state index contributed by atoms with van der Waals surface area (Å²) in [6.45, 7) is 0.297. The van der Waals surface area contributed by atoms with Gasteiger partial charge < -0.3 is 10.1 Å². The normalized spacial score (nSPS) is 15.6. The van der Waals surface area contributed by atoms with E-state index >= 15 is 0 Å². The van der Waals surface area contributed by atoms with Crippen LogP contribution < -0.4 is 16.6 Å². The van der Waals surface area contributed by atoms with Gasteiger partial charge in [-0.25, -0.2) is 13.6 Å².